The first-order chi connectivity index (χ1) is 11.0. The summed E-state index contributed by atoms with van der Waals surface area (Å²) in [7, 11) is 4.67. The minimum absolute atomic E-state index is 0.0655. The van der Waals surface area contributed by atoms with Gasteiger partial charge in [0.1, 0.15) is 0 Å². The molecule has 0 saturated heterocycles. The minimum Gasteiger partial charge on any atom is -0.493 e. The average Bonchev–Trinajstić information content (AvgIpc) is 2.55. The Morgan fingerprint density at radius 3 is 2.13 bits per heavy atom. The molecule has 0 bridgehead atoms. The van der Waals surface area contributed by atoms with Gasteiger partial charge in [-0.15, -0.1) is 0 Å². The molecule has 0 aliphatic heterocycles. The van der Waals surface area contributed by atoms with Crippen molar-refractivity contribution in [3.8, 4) is 17.2 Å². The molecule has 0 aliphatic rings. The molecule has 1 aromatic carbocycles. The molecule has 23 heavy (non-hydrogen) atoms. The van der Waals surface area contributed by atoms with Crippen LogP contribution in [0.2, 0.25) is 0 Å². The second-order valence-electron chi connectivity index (χ2n) is 5.10. The van der Waals surface area contributed by atoms with Gasteiger partial charge in [0.25, 0.3) is 0 Å². The molecule has 5 heteroatoms. The molecule has 5 nitrogen and oxygen atoms in total. The fraction of sp³-hybridized carbons (Fsp3) is 0.389. The van der Waals surface area contributed by atoms with E-state index in [9.17, 15) is 4.79 Å². The maximum Gasteiger partial charge on any atom is 0.246 e. The van der Waals surface area contributed by atoms with Crippen molar-refractivity contribution < 1.29 is 19.0 Å². The van der Waals surface area contributed by atoms with Gasteiger partial charge in [-0.05, 0) is 37.6 Å². The number of methoxy groups -OCH3 is 3. The number of hydrogen-bond donors (Lipinski definition) is 0. The van der Waals surface area contributed by atoms with Gasteiger partial charge in [-0.2, -0.15) is 0 Å². The zero-order valence-electron chi connectivity index (χ0n) is 14.5. The highest BCUT2D eigenvalue weighted by Gasteiger charge is 2.13. The number of likely N-dealkylation sites (N-methyl/N-ethyl adjacent to an activating group) is 1. The smallest absolute Gasteiger partial charge is 0.246 e. The maximum atomic E-state index is 12.2. The Morgan fingerprint density at radius 1 is 1.17 bits per heavy atom. The topological polar surface area (TPSA) is 48.0 Å². The van der Waals surface area contributed by atoms with Crippen LogP contribution < -0.4 is 14.2 Å². The third-order valence-electron chi connectivity index (χ3n) is 3.26. The number of amides is 1. The van der Waals surface area contributed by atoms with Gasteiger partial charge in [0.2, 0.25) is 11.7 Å². The molecule has 1 rings (SSSR count). The van der Waals surface area contributed by atoms with E-state index < -0.39 is 0 Å². The zero-order chi connectivity index (χ0) is 17.4. The second-order valence-corrected chi connectivity index (χ2v) is 5.10. The van der Waals surface area contributed by atoms with Crippen molar-refractivity contribution in [2.45, 2.75) is 13.8 Å². The lowest BCUT2D eigenvalue weighted by molar-refractivity contribution is -0.125. The summed E-state index contributed by atoms with van der Waals surface area (Å²) < 4.78 is 15.9. The highest BCUT2D eigenvalue weighted by atomic mass is 16.5. The number of carbonyl (C=O) groups is 1. The Hall–Kier alpha value is -2.43. The minimum atomic E-state index is -0.0655. The van der Waals surface area contributed by atoms with Gasteiger partial charge in [0, 0.05) is 19.2 Å². The van der Waals surface area contributed by atoms with Gasteiger partial charge in [-0.1, -0.05) is 12.2 Å². The van der Waals surface area contributed by atoms with Crippen LogP contribution in [0.5, 0.6) is 17.2 Å². The van der Waals surface area contributed by atoms with Crippen LogP contribution >= 0.6 is 0 Å². The molecule has 0 atom stereocenters. The average molecular weight is 319 g/mol. The number of hydrogen-bond acceptors (Lipinski definition) is 4. The highest BCUT2D eigenvalue weighted by molar-refractivity contribution is 5.92. The van der Waals surface area contributed by atoms with E-state index in [1.807, 2.05) is 13.8 Å². The summed E-state index contributed by atoms with van der Waals surface area (Å²) in [5.41, 5.74) is 1.74. The molecule has 1 amide bonds. The molecule has 0 spiro atoms. The van der Waals surface area contributed by atoms with E-state index in [1.165, 1.54) is 6.08 Å². The summed E-state index contributed by atoms with van der Waals surface area (Å²) >= 11 is 0. The van der Waals surface area contributed by atoms with Gasteiger partial charge in [0.15, 0.2) is 11.5 Å². The normalized spacial score (nSPS) is 10.5. The molecule has 0 radical (unpaired) electrons. The lowest BCUT2D eigenvalue weighted by atomic mass is 10.1. The maximum absolute atomic E-state index is 12.2. The Morgan fingerprint density at radius 2 is 1.74 bits per heavy atom. The molecule has 0 fully saturated rings. The first kappa shape index (κ1) is 18.6. The first-order valence-corrected chi connectivity index (χ1v) is 7.38. The number of rotatable bonds is 8. The fourth-order valence-electron chi connectivity index (χ4n) is 2.14. The van der Waals surface area contributed by atoms with Gasteiger partial charge in [0.05, 0.1) is 21.3 Å². The molecule has 0 aliphatic carbocycles. The molecule has 0 unspecified atom stereocenters. The van der Waals surface area contributed by atoms with E-state index >= 15 is 0 Å². The molecule has 0 saturated carbocycles. The van der Waals surface area contributed by atoms with Crippen molar-refractivity contribution >= 4 is 12.0 Å². The van der Waals surface area contributed by atoms with Crippen molar-refractivity contribution in [3.63, 3.8) is 0 Å². The van der Waals surface area contributed by atoms with E-state index in [2.05, 4.69) is 6.58 Å². The quantitative estimate of drug-likeness (QED) is 0.545. The number of ether oxygens (including phenoxy) is 3. The molecular weight excluding hydrogens is 294 g/mol. The van der Waals surface area contributed by atoms with Crippen LogP contribution in [-0.4, -0.2) is 45.2 Å². The van der Waals surface area contributed by atoms with Crippen LogP contribution in [0.25, 0.3) is 6.08 Å². The Labute approximate surface area is 138 Å². The summed E-state index contributed by atoms with van der Waals surface area (Å²) in [5.74, 6) is 1.56. The van der Waals surface area contributed by atoms with E-state index in [-0.39, 0.29) is 5.91 Å². The largest absolute Gasteiger partial charge is 0.493 e. The van der Waals surface area contributed by atoms with E-state index in [4.69, 9.17) is 14.2 Å². The standard InChI is InChI=1S/C18H25NO4/c1-7-19(12-13(2)3)17(20)9-8-14-10-15(21-4)18(23-6)16(11-14)22-5/h8-11H,2,7,12H2,1,3-6H3/b9-8+. The lowest BCUT2D eigenvalue weighted by Gasteiger charge is -2.19. The monoisotopic (exact) mass is 319 g/mol. The summed E-state index contributed by atoms with van der Waals surface area (Å²) in [6.07, 6.45) is 3.26. The van der Waals surface area contributed by atoms with Crippen LogP contribution in [0.4, 0.5) is 0 Å². The predicted octanol–water partition coefficient (Wildman–Crippen LogP) is 3.15. The Kier molecular flexibility index (Phi) is 7.19. The van der Waals surface area contributed by atoms with Gasteiger partial charge < -0.3 is 19.1 Å². The van der Waals surface area contributed by atoms with Crippen LogP contribution in [0, 0.1) is 0 Å². The van der Waals surface area contributed by atoms with E-state index in [0.29, 0.717) is 30.3 Å². The third-order valence-corrected chi connectivity index (χ3v) is 3.26. The van der Waals surface area contributed by atoms with Crippen molar-refractivity contribution in [1.82, 2.24) is 4.90 Å². The molecule has 126 valence electrons. The lowest BCUT2D eigenvalue weighted by Crippen LogP contribution is -2.30. The summed E-state index contributed by atoms with van der Waals surface area (Å²) in [4.78, 5) is 13.9. The van der Waals surface area contributed by atoms with Gasteiger partial charge >= 0.3 is 0 Å². The van der Waals surface area contributed by atoms with Crippen molar-refractivity contribution in [2.75, 3.05) is 34.4 Å². The van der Waals surface area contributed by atoms with Crippen LogP contribution in [0.3, 0.4) is 0 Å². The SMILES string of the molecule is C=C(C)CN(CC)C(=O)/C=C/c1cc(OC)c(OC)c(OC)c1. The second kappa shape index (κ2) is 8.88. The van der Waals surface area contributed by atoms with Crippen molar-refractivity contribution in [3.05, 3.63) is 35.9 Å². The molecular formula is C18H25NO4. The van der Waals surface area contributed by atoms with Gasteiger partial charge in [-0.3, -0.25) is 4.79 Å². The van der Waals surface area contributed by atoms with Gasteiger partial charge in [-0.25, -0.2) is 0 Å². The fourth-order valence-corrected chi connectivity index (χ4v) is 2.14. The predicted molar refractivity (Wildman–Crippen MR) is 92.2 cm³/mol. The zero-order valence-corrected chi connectivity index (χ0v) is 14.5. The van der Waals surface area contributed by atoms with Crippen LogP contribution in [0.15, 0.2) is 30.4 Å². The van der Waals surface area contributed by atoms with Crippen molar-refractivity contribution in [2.24, 2.45) is 0 Å². The summed E-state index contributed by atoms with van der Waals surface area (Å²) in [6.45, 7) is 8.86. The number of benzene rings is 1. The molecule has 0 aromatic heterocycles. The highest BCUT2D eigenvalue weighted by Crippen LogP contribution is 2.38. The summed E-state index contributed by atoms with van der Waals surface area (Å²) in [6, 6.07) is 3.58. The number of nitrogens with zero attached hydrogens (tertiary/aromatic N) is 1. The van der Waals surface area contributed by atoms with Crippen molar-refractivity contribution in [1.29, 1.82) is 0 Å². The third kappa shape index (κ3) is 5.06. The first-order valence-electron chi connectivity index (χ1n) is 7.38. The van der Waals surface area contributed by atoms with E-state index in [1.54, 1.807) is 44.4 Å². The van der Waals surface area contributed by atoms with E-state index in [0.717, 1.165) is 11.1 Å². The van der Waals surface area contributed by atoms with Crippen LogP contribution in [0.1, 0.15) is 19.4 Å². The summed E-state index contributed by atoms with van der Waals surface area (Å²) in [5, 5.41) is 0. The molecule has 0 N–H and O–H groups in total. The Balaban J connectivity index is 3.03. The van der Waals surface area contributed by atoms with Crippen LogP contribution in [-0.2, 0) is 4.79 Å². The molecule has 1 aromatic rings. The molecule has 0 heterocycles. The number of carbonyl (C=O) groups excluding carboxylic acids is 1. The Bertz CT molecular complexity index is 568.